The number of carbonyl (C=O) groups is 1. The van der Waals surface area contributed by atoms with E-state index in [0.717, 1.165) is 17.1 Å². The highest BCUT2D eigenvalue weighted by Crippen LogP contribution is 2.22. The highest BCUT2D eigenvalue weighted by molar-refractivity contribution is 5.91. The summed E-state index contributed by atoms with van der Waals surface area (Å²) in [6, 6.07) is 0.281. The molecule has 5 nitrogen and oxygen atoms in total. The average Bonchev–Trinajstić information content (AvgIpc) is 2.57. The van der Waals surface area contributed by atoms with Crippen molar-refractivity contribution in [1.82, 2.24) is 9.78 Å². The van der Waals surface area contributed by atoms with E-state index in [9.17, 15) is 4.79 Å². The summed E-state index contributed by atoms with van der Waals surface area (Å²) in [6.07, 6.45) is 1.81. The van der Waals surface area contributed by atoms with Gasteiger partial charge in [-0.25, -0.2) is 0 Å². The Morgan fingerprint density at radius 3 is 2.56 bits per heavy atom. The molecule has 0 aliphatic rings. The highest BCUT2D eigenvalue weighted by atomic mass is 16.3. The molecule has 2 N–H and O–H groups in total. The van der Waals surface area contributed by atoms with Crippen molar-refractivity contribution in [2.24, 2.45) is 0 Å². The predicted octanol–water partition coefficient (Wildman–Crippen LogP) is 2.18. The molecule has 102 valence electrons. The van der Waals surface area contributed by atoms with Gasteiger partial charge in [0.2, 0.25) is 5.91 Å². The smallest absolute Gasteiger partial charge is 0.224 e. The van der Waals surface area contributed by atoms with Gasteiger partial charge in [-0.1, -0.05) is 0 Å². The summed E-state index contributed by atoms with van der Waals surface area (Å²) in [6.45, 7) is 8.12. The Hall–Kier alpha value is -1.36. The molecule has 0 spiro atoms. The van der Waals surface area contributed by atoms with Gasteiger partial charge < -0.3 is 10.4 Å². The van der Waals surface area contributed by atoms with Gasteiger partial charge in [-0.2, -0.15) is 5.10 Å². The average molecular weight is 253 g/mol. The van der Waals surface area contributed by atoms with Crippen LogP contribution in [-0.4, -0.2) is 27.4 Å². The summed E-state index contributed by atoms with van der Waals surface area (Å²) in [5, 5.41) is 16.0. The Bertz CT molecular complexity index is 411. The number of nitrogens with zero attached hydrogens (tertiary/aromatic N) is 2. The number of rotatable bonds is 6. The molecule has 1 rings (SSSR count). The molecule has 1 aromatic heterocycles. The quantitative estimate of drug-likeness (QED) is 0.764. The third-order valence-electron chi connectivity index (χ3n) is 2.89. The zero-order valence-electron chi connectivity index (χ0n) is 11.7. The van der Waals surface area contributed by atoms with E-state index in [0.29, 0.717) is 19.3 Å². The van der Waals surface area contributed by atoms with Crippen LogP contribution in [0.3, 0.4) is 0 Å². The minimum absolute atomic E-state index is 0.0158. The highest BCUT2D eigenvalue weighted by Gasteiger charge is 2.15. The van der Waals surface area contributed by atoms with Gasteiger partial charge in [-0.15, -0.1) is 0 Å². The molecular formula is C13H23N3O2. The van der Waals surface area contributed by atoms with Gasteiger partial charge in [-0.3, -0.25) is 9.48 Å². The van der Waals surface area contributed by atoms with Gasteiger partial charge in [0, 0.05) is 19.1 Å². The summed E-state index contributed by atoms with van der Waals surface area (Å²) >= 11 is 0. The van der Waals surface area contributed by atoms with Crippen molar-refractivity contribution < 1.29 is 9.90 Å². The van der Waals surface area contributed by atoms with E-state index in [1.165, 1.54) is 0 Å². The number of carbonyl (C=O) groups excluding carboxylic acids is 1. The molecule has 0 saturated heterocycles. The second-order valence-corrected chi connectivity index (χ2v) is 4.81. The van der Waals surface area contributed by atoms with Crippen LogP contribution in [-0.2, 0) is 4.79 Å². The van der Waals surface area contributed by atoms with Crippen molar-refractivity contribution in [3.05, 3.63) is 11.4 Å². The number of amides is 1. The number of anilines is 1. The van der Waals surface area contributed by atoms with Gasteiger partial charge >= 0.3 is 0 Å². The van der Waals surface area contributed by atoms with Crippen LogP contribution in [0.4, 0.5) is 5.69 Å². The van der Waals surface area contributed by atoms with E-state index in [-0.39, 0.29) is 18.6 Å². The molecule has 0 aliphatic carbocycles. The number of hydrogen-bond donors (Lipinski definition) is 2. The van der Waals surface area contributed by atoms with Crippen LogP contribution < -0.4 is 5.32 Å². The van der Waals surface area contributed by atoms with Crippen molar-refractivity contribution in [1.29, 1.82) is 0 Å². The minimum Gasteiger partial charge on any atom is -0.396 e. The molecule has 1 amide bonds. The van der Waals surface area contributed by atoms with Gasteiger partial charge in [0.25, 0.3) is 0 Å². The normalized spacial score (nSPS) is 11.0. The maximum Gasteiger partial charge on any atom is 0.224 e. The molecule has 0 radical (unpaired) electrons. The van der Waals surface area contributed by atoms with Crippen LogP contribution in [0, 0.1) is 13.8 Å². The lowest BCUT2D eigenvalue weighted by molar-refractivity contribution is -0.116. The van der Waals surface area contributed by atoms with Crippen molar-refractivity contribution in [2.75, 3.05) is 11.9 Å². The van der Waals surface area contributed by atoms with Crippen molar-refractivity contribution in [3.8, 4) is 0 Å². The van der Waals surface area contributed by atoms with Gasteiger partial charge in [0.05, 0.1) is 17.1 Å². The summed E-state index contributed by atoms with van der Waals surface area (Å²) < 4.78 is 1.92. The van der Waals surface area contributed by atoms with E-state index < -0.39 is 0 Å². The Labute approximate surface area is 108 Å². The number of aliphatic hydroxyl groups is 1. The molecule has 0 unspecified atom stereocenters. The van der Waals surface area contributed by atoms with Crippen molar-refractivity contribution in [3.63, 3.8) is 0 Å². The summed E-state index contributed by atoms with van der Waals surface area (Å²) in [5.74, 6) is -0.0158. The zero-order chi connectivity index (χ0) is 13.7. The maximum atomic E-state index is 11.7. The first-order chi connectivity index (χ1) is 8.47. The van der Waals surface area contributed by atoms with E-state index in [4.69, 9.17) is 5.11 Å². The first kappa shape index (κ1) is 14.7. The van der Waals surface area contributed by atoms with Gasteiger partial charge in [-0.05, 0) is 40.5 Å². The molecule has 0 fully saturated rings. The fourth-order valence-corrected chi connectivity index (χ4v) is 1.95. The lowest BCUT2D eigenvalue weighted by atomic mass is 10.2. The Morgan fingerprint density at radius 2 is 2.06 bits per heavy atom. The lowest BCUT2D eigenvalue weighted by Gasteiger charge is -2.09. The topological polar surface area (TPSA) is 67.2 Å². The molecule has 18 heavy (non-hydrogen) atoms. The van der Waals surface area contributed by atoms with Gasteiger partial charge in [0.15, 0.2) is 0 Å². The van der Waals surface area contributed by atoms with Crippen LogP contribution in [0.5, 0.6) is 0 Å². The monoisotopic (exact) mass is 253 g/mol. The lowest BCUT2D eigenvalue weighted by Crippen LogP contribution is -2.13. The SMILES string of the molecule is Cc1nn(C(C)C)c(C)c1NC(=O)CCCCO. The Morgan fingerprint density at radius 1 is 1.39 bits per heavy atom. The Balaban J connectivity index is 2.70. The van der Waals surface area contributed by atoms with Crippen molar-refractivity contribution in [2.45, 2.75) is 53.0 Å². The molecule has 1 heterocycles. The van der Waals surface area contributed by atoms with Crippen LogP contribution in [0.2, 0.25) is 0 Å². The molecule has 0 aromatic carbocycles. The minimum atomic E-state index is -0.0158. The molecule has 0 saturated carbocycles. The molecule has 0 aliphatic heterocycles. The molecule has 0 bridgehead atoms. The predicted molar refractivity (Wildman–Crippen MR) is 71.7 cm³/mol. The number of aromatic nitrogens is 2. The molecule has 1 aromatic rings. The first-order valence-electron chi connectivity index (χ1n) is 6.43. The summed E-state index contributed by atoms with van der Waals surface area (Å²) in [7, 11) is 0. The summed E-state index contributed by atoms with van der Waals surface area (Å²) in [4.78, 5) is 11.7. The molecule has 5 heteroatoms. The van der Waals surface area contributed by atoms with Crippen molar-refractivity contribution >= 4 is 11.6 Å². The van der Waals surface area contributed by atoms with Crippen LogP contribution in [0.15, 0.2) is 0 Å². The molecular weight excluding hydrogens is 230 g/mol. The third-order valence-corrected chi connectivity index (χ3v) is 2.89. The number of aliphatic hydroxyl groups excluding tert-OH is 1. The van der Waals surface area contributed by atoms with E-state index >= 15 is 0 Å². The van der Waals surface area contributed by atoms with E-state index in [2.05, 4.69) is 24.3 Å². The number of aryl methyl sites for hydroxylation is 1. The van der Waals surface area contributed by atoms with Crippen LogP contribution >= 0.6 is 0 Å². The van der Waals surface area contributed by atoms with E-state index in [1.807, 2.05) is 18.5 Å². The largest absolute Gasteiger partial charge is 0.396 e. The summed E-state index contributed by atoms with van der Waals surface area (Å²) in [5.41, 5.74) is 2.65. The zero-order valence-corrected chi connectivity index (χ0v) is 11.7. The second-order valence-electron chi connectivity index (χ2n) is 4.81. The van der Waals surface area contributed by atoms with Crippen LogP contribution in [0.1, 0.15) is 50.5 Å². The van der Waals surface area contributed by atoms with Crippen LogP contribution in [0.25, 0.3) is 0 Å². The van der Waals surface area contributed by atoms with E-state index in [1.54, 1.807) is 0 Å². The molecule has 0 atom stereocenters. The Kier molecular flexibility index (Phi) is 5.34. The first-order valence-corrected chi connectivity index (χ1v) is 6.43. The number of nitrogens with one attached hydrogen (secondary N) is 1. The van der Waals surface area contributed by atoms with Gasteiger partial charge in [0.1, 0.15) is 0 Å². The number of hydrogen-bond acceptors (Lipinski definition) is 3. The number of unbranched alkanes of at least 4 members (excludes halogenated alkanes) is 1. The standard InChI is InChI=1S/C13H23N3O2/c1-9(2)16-11(4)13(10(3)15-16)14-12(18)7-5-6-8-17/h9,17H,5-8H2,1-4H3,(H,14,18). The fourth-order valence-electron chi connectivity index (χ4n) is 1.95. The fraction of sp³-hybridized carbons (Fsp3) is 0.692. The second kappa shape index (κ2) is 6.54. The maximum absolute atomic E-state index is 11.7. The third kappa shape index (κ3) is 3.57.